The van der Waals surface area contributed by atoms with Gasteiger partial charge < -0.3 is 5.32 Å². The third-order valence-electron chi connectivity index (χ3n) is 2.42. The molecule has 0 fully saturated rings. The van der Waals surface area contributed by atoms with E-state index in [0.29, 0.717) is 5.69 Å². The maximum atomic E-state index is 12.7. The molecule has 0 radical (unpaired) electrons. The van der Waals surface area contributed by atoms with Crippen molar-refractivity contribution >= 4 is 23.4 Å². The Morgan fingerprint density at radius 3 is 2.47 bits per heavy atom. The van der Waals surface area contributed by atoms with Crippen LogP contribution in [0.4, 0.5) is 15.8 Å². The van der Waals surface area contributed by atoms with E-state index in [-0.39, 0.29) is 17.1 Å². The molecular weight excluding hydrogens is 247 g/mol. The number of nitrogens with one attached hydrogen (secondary N) is 1. The Morgan fingerprint density at radius 2 is 1.79 bits per heavy atom. The van der Waals surface area contributed by atoms with Gasteiger partial charge in [-0.05, 0) is 36.4 Å². The number of rotatable bonds is 3. The van der Waals surface area contributed by atoms with Gasteiger partial charge in [-0.3, -0.25) is 4.79 Å². The Hall–Kier alpha value is -2.78. The quantitative estimate of drug-likeness (QED) is 0.677. The normalized spacial score (nSPS) is 9.53. The molecule has 0 atom stereocenters. The van der Waals surface area contributed by atoms with Crippen LogP contribution in [0.25, 0.3) is 0 Å². The topological polar surface area (TPSA) is 58.5 Å². The average molecular weight is 256 g/mol. The number of hydrogen-bond acceptors (Lipinski definition) is 3. The number of aliphatic imine (C=N–C) groups is 1. The first-order valence-corrected chi connectivity index (χ1v) is 5.44. The minimum atomic E-state index is -0.429. The number of anilines is 1. The first kappa shape index (κ1) is 12.7. The minimum Gasteiger partial charge on any atom is -0.322 e. The summed E-state index contributed by atoms with van der Waals surface area (Å²) in [6.07, 6.45) is 1.40. The van der Waals surface area contributed by atoms with Gasteiger partial charge in [0.2, 0.25) is 6.08 Å². The summed E-state index contributed by atoms with van der Waals surface area (Å²) in [4.78, 5) is 25.7. The number of hydrogen-bond donors (Lipinski definition) is 1. The number of carbonyl (C=O) groups is 1. The molecule has 94 valence electrons. The van der Waals surface area contributed by atoms with Crippen LogP contribution < -0.4 is 5.32 Å². The number of benzene rings is 2. The fourth-order valence-electron chi connectivity index (χ4n) is 1.54. The molecular formula is C14H9FN2O2. The fourth-order valence-corrected chi connectivity index (χ4v) is 1.54. The molecule has 0 aliphatic carbocycles. The largest absolute Gasteiger partial charge is 0.322 e. The molecule has 0 aliphatic rings. The minimum absolute atomic E-state index is 0.233. The summed E-state index contributed by atoms with van der Waals surface area (Å²) < 4.78 is 12.7. The monoisotopic (exact) mass is 256 g/mol. The molecule has 0 saturated heterocycles. The van der Waals surface area contributed by atoms with Gasteiger partial charge in [0.25, 0.3) is 5.91 Å². The molecule has 5 heteroatoms. The summed E-state index contributed by atoms with van der Waals surface area (Å²) >= 11 is 0. The summed E-state index contributed by atoms with van der Waals surface area (Å²) in [6, 6.07) is 11.8. The molecule has 1 N–H and O–H groups in total. The Morgan fingerprint density at radius 1 is 1.11 bits per heavy atom. The first-order chi connectivity index (χ1) is 9.20. The van der Waals surface area contributed by atoms with E-state index in [1.807, 2.05) is 0 Å². The lowest BCUT2D eigenvalue weighted by atomic mass is 10.1. The summed E-state index contributed by atoms with van der Waals surface area (Å²) in [7, 11) is 0. The van der Waals surface area contributed by atoms with Crippen molar-refractivity contribution in [3.05, 3.63) is 59.9 Å². The van der Waals surface area contributed by atoms with Gasteiger partial charge in [-0.2, -0.15) is 4.99 Å². The van der Waals surface area contributed by atoms with Gasteiger partial charge in [-0.25, -0.2) is 9.18 Å². The van der Waals surface area contributed by atoms with Gasteiger partial charge in [-0.1, -0.05) is 12.1 Å². The summed E-state index contributed by atoms with van der Waals surface area (Å²) in [5.74, 6) is -0.815. The van der Waals surface area contributed by atoms with Crippen molar-refractivity contribution in [3.63, 3.8) is 0 Å². The molecule has 4 nitrogen and oxygen atoms in total. The van der Waals surface area contributed by atoms with Crippen molar-refractivity contribution in [1.82, 2.24) is 0 Å². The van der Waals surface area contributed by atoms with Crippen LogP contribution in [0.1, 0.15) is 10.4 Å². The van der Waals surface area contributed by atoms with E-state index in [4.69, 9.17) is 0 Å². The molecule has 0 unspecified atom stereocenters. The number of para-hydroxylation sites is 1. The lowest BCUT2D eigenvalue weighted by Crippen LogP contribution is -2.11. The highest BCUT2D eigenvalue weighted by atomic mass is 19.1. The maximum absolute atomic E-state index is 12.7. The predicted molar refractivity (Wildman–Crippen MR) is 68.6 cm³/mol. The zero-order valence-electron chi connectivity index (χ0n) is 9.76. The van der Waals surface area contributed by atoms with E-state index < -0.39 is 5.91 Å². The highest BCUT2D eigenvalue weighted by molar-refractivity contribution is 6.07. The molecule has 0 aliphatic heterocycles. The SMILES string of the molecule is O=C=Nc1ccccc1C(=O)Nc1ccc(F)cc1. The number of nitrogens with zero attached hydrogens (tertiary/aromatic N) is 1. The smallest absolute Gasteiger partial charge is 0.257 e. The lowest BCUT2D eigenvalue weighted by molar-refractivity contribution is 0.102. The second-order valence-electron chi connectivity index (χ2n) is 3.68. The van der Waals surface area contributed by atoms with Crippen molar-refractivity contribution in [2.24, 2.45) is 4.99 Å². The lowest BCUT2D eigenvalue weighted by Gasteiger charge is -2.06. The van der Waals surface area contributed by atoms with Crippen LogP contribution in [0, 0.1) is 5.82 Å². The predicted octanol–water partition coefficient (Wildman–Crippen LogP) is 3.05. The number of amides is 1. The van der Waals surface area contributed by atoms with Crippen LogP contribution in [0.2, 0.25) is 0 Å². The van der Waals surface area contributed by atoms with Crippen LogP contribution in [0.5, 0.6) is 0 Å². The van der Waals surface area contributed by atoms with Crippen LogP contribution in [0.3, 0.4) is 0 Å². The second-order valence-corrected chi connectivity index (χ2v) is 3.68. The zero-order chi connectivity index (χ0) is 13.7. The molecule has 0 aromatic heterocycles. The van der Waals surface area contributed by atoms with Crippen molar-refractivity contribution in [1.29, 1.82) is 0 Å². The van der Waals surface area contributed by atoms with E-state index in [2.05, 4.69) is 10.3 Å². The van der Waals surface area contributed by atoms with E-state index >= 15 is 0 Å². The number of carbonyl (C=O) groups excluding carboxylic acids is 2. The van der Waals surface area contributed by atoms with Gasteiger partial charge in [0, 0.05) is 5.69 Å². The van der Waals surface area contributed by atoms with Crippen molar-refractivity contribution in [2.45, 2.75) is 0 Å². The van der Waals surface area contributed by atoms with Gasteiger partial charge in [0.05, 0.1) is 11.3 Å². The van der Waals surface area contributed by atoms with Crippen LogP contribution >= 0.6 is 0 Å². The molecule has 0 bridgehead atoms. The van der Waals surface area contributed by atoms with Crippen molar-refractivity contribution < 1.29 is 14.0 Å². The molecule has 2 aromatic carbocycles. The Bertz CT molecular complexity index is 647. The van der Waals surface area contributed by atoms with Gasteiger partial charge in [0.15, 0.2) is 0 Å². The Kier molecular flexibility index (Phi) is 3.81. The Balaban J connectivity index is 2.25. The highest BCUT2D eigenvalue weighted by Gasteiger charge is 2.10. The maximum Gasteiger partial charge on any atom is 0.257 e. The fraction of sp³-hybridized carbons (Fsp3) is 0. The molecule has 1 amide bonds. The molecule has 19 heavy (non-hydrogen) atoms. The second kappa shape index (κ2) is 5.71. The zero-order valence-corrected chi connectivity index (χ0v) is 9.76. The third-order valence-corrected chi connectivity index (χ3v) is 2.42. The van der Waals surface area contributed by atoms with Crippen molar-refractivity contribution in [2.75, 3.05) is 5.32 Å². The van der Waals surface area contributed by atoms with E-state index in [1.165, 1.54) is 42.5 Å². The molecule has 2 aromatic rings. The molecule has 0 heterocycles. The van der Waals surface area contributed by atoms with Gasteiger partial charge in [-0.15, -0.1) is 0 Å². The number of halogens is 1. The van der Waals surface area contributed by atoms with Gasteiger partial charge in [0.1, 0.15) is 5.82 Å². The summed E-state index contributed by atoms with van der Waals surface area (Å²) in [5, 5.41) is 2.59. The van der Waals surface area contributed by atoms with Crippen LogP contribution in [-0.2, 0) is 4.79 Å². The molecule has 0 saturated carbocycles. The van der Waals surface area contributed by atoms with Crippen LogP contribution in [0.15, 0.2) is 53.5 Å². The standard InChI is InChI=1S/C14H9FN2O2/c15-10-5-7-11(8-6-10)17-14(19)12-3-1-2-4-13(12)16-9-18/h1-8H,(H,17,19). The van der Waals surface area contributed by atoms with Gasteiger partial charge >= 0.3 is 0 Å². The molecule has 2 rings (SSSR count). The third kappa shape index (κ3) is 3.12. The Labute approximate surface area is 108 Å². The summed E-state index contributed by atoms with van der Waals surface area (Å²) in [6.45, 7) is 0. The highest BCUT2D eigenvalue weighted by Crippen LogP contribution is 2.19. The van der Waals surface area contributed by atoms with Crippen molar-refractivity contribution in [3.8, 4) is 0 Å². The van der Waals surface area contributed by atoms with E-state index in [1.54, 1.807) is 12.1 Å². The average Bonchev–Trinajstić information content (AvgIpc) is 2.42. The first-order valence-electron chi connectivity index (χ1n) is 5.44. The van der Waals surface area contributed by atoms with Crippen LogP contribution in [-0.4, -0.2) is 12.0 Å². The summed E-state index contributed by atoms with van der Waals surface area (Å²) in [5.41, 5.74) is 0.934. The van der Waals surface area contributed by atoms with E-state index in [9.17, 15) is 14.0 Å². The molecule has 0 spiro atoms. The number of isocyanates is 1. The van der Waals surface area contributed by atoms with E-state index in [0.717, 1.165) is 0 Å².